The van der Waals surface area contributed by atoms with Crippen molar-refractivity contribution >= 4 is 44.6 Å². The second-order valence-corrected chi connectivity index (χ2v) is 19.8. The molecule has 7 aromatic carbocycles. The van der Waals surface area contributed by atoms with E-state index in [-0.39, 0.29) is 16.2 Å². The number of pyridine rings is 1. The van der Waals surface area contributed by atoms with Crippen LogP contribution in [0.25, 0.3) is 38.8 Å². The van der Waals surface area contributed by atoms with Gasteiger partial charge in [0.25, 0.3) is 0 Å². The predicted molar refractivity (Wildman–Crippen MR) is 269 cm³/mol. The number of para-hydroxylation sites is 1. The van der Waals surface area contributed by atoms with Crippen molar-refractivity contribution in [1.82, 2.24) is 9.55 Å². The number of anilines is 4. The first-order valence-electron chi connectivity index (χ1n) is 22.5. The van der Waals surface area contributed by atoms with Crippen LogP contribution in [0.5, 0.6) is 11.5 Å². The maximum Gasteiger partial charge on any atom is 0.137 e. The molecule has 0 radical (unpaired) electrons. The summed E-state index contributed by atoms with van der Waals surface area (Å²) in [5.74, 6) is 2.41. The number of ether oxygens (including phenoxy) is 1. The van der Waals surface area contributed by atoms with E-state index in [4.69, 9.17) is 9.72 Å². The molecule has 0 aliphatic carbocycles. The Labute approximate surface area is 378 Å². The van der Waals surface area contributed by atoms with E-state index in [1.807, 2.05) is 6.20 Å². The molecule has 5 nitrogen and oxygen atoms in total. The van der Waals surface area contributed by atoms with E-state index in [9.17, 15) is 0 Å². The lowest BCUT2D eigenvalue weighted by Gasteiger charge is -2.26. The molecule has 3 heterocycles. The Morgan fingerprint density at radius 2 is 1.12 bits per heavy atom. The van der Waals surface area contributed by atoms with Gasteiger partial charge in [0.15, 0.2) is 0 Å². The highest BCUT2D eigenvalue weighted by Gasteiger charge is 2.32. The van der Waals surface area contributed by atoms with Gasteiger partial charge < -0.3 is 14.5 Å². The van der Waals surface area contributed by atoms with Crippen LogP contribution < -0.4 is 14.5 Å². The monoisotopic (exact) mass is 836 g/mol. The SMILES string of the molecule is CC(C)(C)c1cccc(N2CN(c3cccc(Oc4ccc5c6cc(C(C)(C)C)ccc6n(-c6cc(C(C)(C)c7ccccc7)ccn6)c5c4)c3)c3cccc(-c4ccccc4)c32)c1. The topological polar surface area (TPSA) is 33.5 Å². The minimum atomic E-state index is -0.219. The molecule has 64 heavy (non-hydrogen) atoms. The summed E-state index contributed by atoms with van der Waals surface area (Å²) in [5.41, 5.74) is 14.0. The van der Waals surface area contributed by atoms with Gasteiger partial charge in [-0.3, -0.25) is 4.57 Å². The Balaban J connectivity index is 1.05. The molecule has 0 fully saturated rings. The van der Waals surface area contributed by atoms with E-state index >= 15 is 0 Å². The molecular weight excluding hydrogens is 781 g/mol. The smallest absolute Gasteiger partial charge is 0.137 e. The molecule has 0 unspecified atom stereocenters. The molecular formula is C59H56N4O. The predicted octanol–water partition coefficient (Wildman–Crippen LogP) is 15.8. The Kier molecular flexibility index (Phi) is 9.98. The molecule has 5 heteroatoms. The van der Waals surface area contributed by atoms with E-state index in [0.717, 1.165) is 45.1 Å². The summed E-state index contributed by atoms with van der Waals surface area (Å²) in [6.07, 6.45) is 1.95. The second-order valence-electron chi connectivity index (χ2n) is 19.8. The van der Waals surface area contributed by atoms with Crippen LogP contribution in [0.1, 0.15) is 77.6 Å². The van der Waals surface area contributed by atoms with Crippen molar-refractivity contribution in [2.75, 3.05) is 16.5 Å². The van der Waals surface area contributed by atoms with Crippen molar-refractivity contribution in [2.24, 2.45) is 0 Å². The largest absolute Gasteiger partial charge is 0.457 e. The fraction of sp³-hybridized carbons (Fsp3) is 0.203. The van der Waals surface area contributed by atoms with Crippen molar-refractivity contribution in [1.29, 1.82) is 0 Å². The number of fused-ring (bicyclic) bond motifs is 4. The zero-order valence-corrected chi connectivity index (χ0v) is 38.2. The van der Waals surface area contributed by atoms with Crippen molar-refractivity contribution in [3.8, 4) is 28.4 Å². The van der Waals surface area contributed by atoms with Crippen molar-refractivity contribution in [3.05, 3.63) is 204 Å². The van der Waals surface area contributed by atoms with Gasteiger partial charge in [0, 0.05) is 51.5 Å². The maximum atomic E-state index is 6.86. The number of hydrogen-bond acceptors (Lipinski definition) is 4. The van der Waals surface area contributed by atoms with Gasteiger partial charge in [-0.05, 0) is 105 Å². The van der Waals surface area contributed by atoms with Crippen LogP contribution in [0.2, 0.25) is 0 Å². The number of benzene rings is 7. The van der Waals surface area contributed by atoms with Crippen molar-refractivity contribution in [2.45, 2.75) is 71.6 Å². The molecule has 0 bridgehead atoms. The van der Waals surface area contributed by atoms with Gasteiger partial charge in [-0.2, -0.15) is 0 Å². The lowest BCUT2D eigenvalue weighted by molar-refractivity contribution is 0.483. The minimum Gasteiger partial charge on any atom is -0.457 e. The summed E-state index contributed by atoms with van der Waals surface area (Å²) in [6.45, 7) is 18.9. The van der Waals surface area contributed by atoms with Gasteiger partial charge in [-0.1, -0.05) is 152 Å². The fourth-order valence-corrected chi connectivity index (χ4v) is 9.32. The number of rotatable bonds is 8. The van der Waals surface area contributed by atoms with Crippen LogP contribution >= 0.6 is 0 Å². The number of nitrogens with zero attached hydrogens (tertiary/aromatic N) is 4. The molecule has 2 aromatic heterocycles. The van der Waals surface area contributed by atoms with Crippen LogP contribution in [-0.2, 0) is 16.2 Å². The van der Waals surface area contributed by atoms with E-state index in [1.54, 1.807) is 0 Å². The van der Waals surface area contributed by atoms with Crippen LogP contribution in [-0.4, -0.2) is 16.2 Å². The Morgan fingerprint density at radius 1 is 0.469 bits per heavy atom. The molecule has 0 spiro atoms. The lowest BCUT2D eigenvalue weighted by atomic mass is 9.78. The summed E-state index contributed by atoms with van der Waals surface area (Å²) >= 11 is 0. The van der Waals surface area contributed by atoms with Crippen LogP contribution in [0, 0.1) is 0 Å². The summed E-state index contributed by atoms with van der Waals surface area (Å²) in [4.78, 5) is 9.90. The van der Waals surface area contributed by atoms with Gasteiger partial charge in [0.1, 0.15) is 24.0 Å². The zero-order valence-electron chi connectivity index (χ0n) is 38.2. The number of aromatic nitrogens is 2. The third-order valence-corrected chi connectivity index (χ3v) is 13.1. The highest BCUT2D eigenvalue weighted by atomic mass is 16.5. The third kappa shape index (κ3) is 7.39. The van der Waals surface area contributed by atoms with Gasteiger partial charge in [0.2, 0.25) is 0 Å². The van der Waals surface area contributed by atoms with Crippen LogP contribution in [0.15, 0.2) is 182 Å². The third-order valence-electron chi connectivity index (χ3n) is 13.1. The van der Waals surface area contributed by atoms with Gasteiger partial charge in [-0.25, -0.2) is 4.98 Å². The highest BCUT2D eigenvalue weighted by Crippen LogP contribution is 2.50. The first-order valence-corrected chi connectivity index (χ1v) is 22.5. The molecule has 1 aliphatic rings. The average molecular weight is 837 g/mol. The first-order chi connectivity index (χ1) is 30.7. The van der Waals surface area contributed by atoms with E-state index in [1.165, 1.54) is 50.1 Å². The molecule has 10 rings (SSSR count). The Bertz CT molecular complexity index is 3170. The van der Waals surface area contributed by atoms with Crippen molar-refractivity contribution in [3.63, 3.8) is 0 Å². The van der Waals surface area contributed by atoms with Crippen LogP contribution in [0.4, 0.5) is 22.7 Å². The van der Waals surface area contributed by atoms with Gasteiger partial charge in [0.05, 0.1) is 22.4 Å². The van der Waals surface area contributed by atoms with Crippen molar-refractivity contribution < 1.29 is 4.74 Å². The highest BCUT2D eigenvalue weighted by molar-refractivity contribution is 6.10. The van der Waals surface area contributed by atoms with E-state index in [0.29, 0.717) is 6.67 Å². The molecule has 0 saturated carbocycles. The van der Waals surface area contributed by atoms with Crippen LogP contribution in [0.3, 0.4) is 0 Å². The van der Waals surface area contributed by atoms with E-state index < -0.39 is 0 Å². The molecule has 1 aliphatic heterocycles. The maximum absolute atomic E-state index is 6.86. The molecule has 9 aromatic rings. The van der Waals surface area contributed by atoms with Gasteiger partial charge >= 0.3 is 0 Å². The molecule has 318 valence electrons. The molecule has 0 atom stereocenters. The summed E-state index contributed by atoms with van der Waals surface area (Å²) in [6, 6.07) is 63.4. The summed E-state index contributed by atoms with van der Waals surface area (Å²) in [5, 5.41) is 2.36. The quantitative estimate of drug-likeness (QED) is 0.153. The van der Waals surface area contributed by atoms with E-state index in [2.05, 4.69) is 246 Å². The first kappa shape index (κ1) is 40.9. The molecule has 0 saturated heterocycles. The van der Waals surface area contributed by atoms with Gasteiger partial charge in [-0.15, -0.1) is 0 Å². The normalized spacial score (nSPS) is 13.2. The summed E-state index contributed by atoms with van der Waals surface area (Å²) in [7, 11) is 0. The zero-order chi connectivity index (χ0) is 44.4. The number of hydrogen-bond donors (Lipinski definition) is 0. The average Bonchev–Trinajstić information content (AvgIpc) is 3.85. The Morgan fingerprint density at radius 3 is 1.88 bits per heavy atom. The summed E-state index contributed by atoms with van der Waals surface area (Å²) < 4.78 is 9.16. The Hall–Kier alpha value is -7.11. The molecule has 0 amide bonds. The minimum absolute atomic E-state index is 0.00101. The fourth-order valence-electron chi connectivity index (χ4n) is 9.32. The molecule has 0 N–H and O–H groups in total. The lowest BCUT2D eigenvalue weighted by Crippen LogP contribution is -2.24. The second kappa shape index (κ2) is 15.6. The standard InChI is InChI=1S/C59H56N4O/c1-57(2,3)42-22-15-23-45(34-42)62-39-61(53-27-17-26-49(56(53)62)40-18-11-9-12-19-40)46-24-16-25-47(37-46)64-48-29-30-50-51-35-43(58(4,5)6)28-31-52(51)63(54(50)38-48)55-36-44(32-33-60-55)59(7,8)41-20-13-10-14-21-41/h9-38H,39H2,1-8H3.